The topological polar surface area (TPSA) is 101 Å². The number of hydrogen-bond acceptors (Lipinski definition) is 6. The Kier molecular flexibility index (Phi) is 3.21. The van der Waals surface area contributed by atoms with Crippen LogP contribution >= 0.6 is 0 Å². The third kappa shape index (κ3) is 1.90. The number of rotatable bonds is 2. The first-order valence-corrected chi connectivity index (χ1v) is 6.48. The van der Waals surface area contributed by atoms with E-state index in [0.717, 1.165) is 11.1 Å². The first-order chi connectivity index (χ1) is 9.50. The van der Waals surface area contributed by atoms with Crippen LogP contribution in [0.25, 0.3) is 11.0 Å². The number of fused-ring (bicyclic) bond motifs is 1. The minimum atomic E-state index is -1.14. The highest BCUT2D eigenvalue weighted by Crippen LogP contribution is 2.33. The van der Waals surface area contributed by atoms with Crippen LogP contribution in [0, 0.1) is 6.92 Å². The van der Waals surface area contributed by atoms with Gasteiger partial charge < -0.3 is 24.6 Å². The van der Waals surface area contributed by atoms with Crippen molar-refractivity contribution in [2.75, 3.05) is 0 Å². The van der Waals surface area contributed by atoms with E-state index in [1.807, 2.05) is 13.0 Å². The molecule has 7 heteroatoms. The molecule has 0 radical (unpaired) electrons. The van der Waals surface area contributed by atoms with Crippen LogP contribution in [0.3, 0.4) is 0 Å². The van der Waals surface area contributed by atoms with Crippen LogP contribution in [0.2, 0.25) is 0 Å². The van der Waals surface area contributed by atoms with Crippen molar-refractivity contribution in [3.8, 4) is 0 Å². The third-order valence-corrected chi connectivity index (χ3v) is 3.73. The minimum Gasteiger partial charge on any atom is -0.391 e. The second kappa shape index (κ2) is 4.78. The fourth-order valence-electron chi connectivity index (χ4n) is 2.62. The van der Waals surface area contributed by atoms with Crippen LogP contribution < -0.4 is 0 Å². The van der Waals surface area contributed by atoms with Gasteiger partial charge in [0, 0.05) is 11.6 Å². The van der Waals surface area contributed by atoms with Gasteiger partial charge in [-0.15, -0.1) is 0 Å². The van der Waals surface area contributed by atoms with E-state index in [4.69, 9.17) is 4.74 Å². The number of aromatic nitrogens is 3. The normalized spacial score (nSPS) is 31.9. The Labute approximate surface area is 115 Å². The highest BCUT2D eigenvalue weighted by Gasteiger charge is 2.45. The lowest BCUT2D eigenvalue weighted by atomic mass is 10.1. The van der Waals surface area contributed by atoms with Crippen LogP contribution in [0.15, 0.2) is 18.6 Å². The predicted octanol–water partition coefficient (Wildman–Crippen LogP) is -0.260. The first kappa shape index (κ1) is 13.4. The van der Waals surface area contributed by atoms with Crippen LogP contribution in [-0.4, -0.2) is 54.3 Å². The van der Waals surface area contributed by atoms with Crippen molar-refractivity contribution < 1.29 is 20.1 Å². The molecule has 20 heavy (non-hydrogen) atoms. The smallest absolute Gasteiger partial charge is 0.164 e. The maximum absolute atomic E-state index is 10.1. The molecule has 1 aliphatic heterocycles. The third-order valence-electron chi connectivity index (χ3n) is 3.73. The molecule has 1 saturated heterocycles. The summed E-state index contributed by atoms with van der Waals surface area (Å²) < 4.78 is 7.25. The van der Waals surface area contributed by atoms with E-state index in [2.05, 4.69) is 9.97 Å². The molecule has 5 atom stereocenters. The van der Waals surface area contributed by atoms with Crippen molar-refractivity contribution in [2.24, 2.45) is 0 Å². The molecule has 1 fully saturated rings. The zero-order chi connectivity index (χ0) is 14.4. The summed E-state index contributed by atoms with van der Waals surface area (Å²) in [7, 11) is 0. The molecule has 3 heterocycles. The molecule has 3 rings (SSSR count). The summed E-state index contributed by atoms with van der Waals surface area (Å²) in [6, 6.07) is 1.84. The predicted molar refractivity (Wildman–Crippen MR) is 69.9 cm³/mol. The monoisotopic (exact) mass is 279 g/mol. The Morgan fingerprint density at radius 1 is 1.30 bits per heavy atom. The van der Waals surface area contributed by atoms with Gasteiger partial charge in [-0.25, -0.2) is 9.97 Å². The van der Waals surface area contributed by atoms with E-state index in [9.17, 15) is 15.3 Å². The number of aryl methyl sites for hydroxylation is 1. The summed E-state index contributed by atoms with van der Waals surface area (Å²) >= 11 is 0. The Morgan fingerprint density at radius 3 is 2.70 bits per heavy atom. The molecule has 2 aromatic heterocycles. The summed E-state index contributed by atoms with van der Waals surface area (Å²) in [5.41, 5.74) is 1.45. The second-order valence-electron chi connectivity index (χ2n) is 5.13. The maximum atomic E-state index is 10.1. The molecule has 2 aromatic rings. The van der Waals surface area contributed by atoms with Gasteiger partial charge in [0.25, 0.3) is 0 Å². The van der Waals surface area contributed by atoms with Crippen molar-refractivity contribution in [1.29, 1.82) is 0 Å². The lowest BCUT2D eigenvalue weighted by Gasteiger charge is -2.18. The second-order valence-corrected chi connectivity index (χ2v) is 5.13. The van der Waals surface area contributed by atoms with Crippen molar-refractivity contribution in [2.45, 2.75) is 44.5 Å². The molecular formula is C13H17N3O4. The lowest BCUT2D eigenvalue weighted by molar-refractivity contribution is -0.0775. The highest BCUT2D eigenvalue weighted by molar-refractivity contribution is 5.78. The molecule has 0 saturated carbocycles. The van der Waals surface area contributed by atoms with Gasteiger partial charge >= 0.3 is 0 Å². The van der Waals surface area contributed by atoms with E-state index in [0.29, 0.717) is 5.65 Å². The molecule has 0 aromatic carbocycles. The van der Waals surface area contributed by atoms with Crippen LogP contribution in [0.5, 0.6) is 0 Å². The van der Waals surface area contributed by atoms with Crippen molar-refractivity contribution in [3.63, 3.8) is 0 Å². The summed E-state index contributed by atoms with van der Waals surface area (Å²) in [6.07, 6.45) is -1.56. The summed E-state index contributed by atoms with van der Waals surface area (Å²) in [5, 5.41) is 30.5. The average molecular weight is 279 g/mol. The van der Waals surface area contributed by atoms with Crippen molar-refractivity contribution in [3.05, 3.63) is 24.3 Å². The molecule has 1 unspecified atom stereocenters. The zero-order valence-electron chi connectivity index (χ0n) is 11.2. The van der Waals surface area contributed by atoms with Crippen LogP contribution in [0.1, 0.15) is 18.8 Å². The van der Waals surface area contributed by atoms with Gasteiger partial charge in [0.05, 0.1) is 11.8 Å². The van der Waals surface area contributed by atoms with Crippen LogP contribution in [0.4, 0.5) is 0 Å². The quantitative estimate of drug-likeness (QED) is 0.700. The minimum absolute atomic E-state index is 0.625. The van der Waals surface area contributed by atoms with Gasteiger partial charge in [-0.05, 0) is 19.9 Å². The highest BCUT2D eigenvalue weighted by atomic mass is 16.6. The standard InChI is InChI=1S/C13H17N3O4/c1-6-8-3-4-16(12(8)15-5-14-6)13-10(19)9(18)11(20-13)7(2)17/h3-5,7,9-11,13,17-19H,1-2H3/t7-,9+,10?,11+,13-/m1/s1. The Balaban J connectivity index is 2.02. The van der Waals surface area contributed by atoms with Gasteiger partial charge in [0.1, 0.15) is 30.3 Å². The maximum Gasteiger partial charge on any atom is 0.164 e. The van der Waals surface area contributed by atoms with Gasteiger partial charge in [-0.3, -0.25) is 0 Å². The molecule has 7 nitrogen and oxygen atoms in total. The molecule has 0 spiro atoms. The molecule has 1 aliphatic rings. The van der Waals surface area contributed by atoms with Gasteiger partial charge in [0.15, 0.2) is 6.23 Å². The molecule has 0 bridgehead atoms. The SMILES string of the molecule is Cc1ncnc2c1ccn2[C@@H]1O[C@@H]([C@@H](C)O)[C@@H](O)C1O. The Bertz CT molecular complexity index is 627. The van der Waals surface area contributed by atoms with Gasteiger partial charge in [0.2, 0.25) is 0 Å². The van der Waals surface area contributed by atoms with Gasteiger partial charge in [-0.2, -0.15) is 0 Å². The van der Waals surface area contributed by atoms with E-state index >= 15 is 0 Å². The van der Waals surface area contributed by atoms with E-state index in [1.54, 1.807) is 10.8 Å². The van der Waals surface area contributed by atoms with Crippen molar-refractivity contribution >= 4 is 11.0 Å². The molecule has 0 amide bonds. The van der Waals surface area contributed by atoms with E-state index < -0.39 is 30.6 Å². The molecule has 108 valence electrons. The first-order valence-electron chi connectivity index (χ1n) is 6.48. The van der Waals surface area contributed by atoms with Gasteiger partial charge in [-0.1, -0.05) is 0 Å². The number of nitrogens with zero attached hydrogens (tertiary/aromatic N) is 3. The summed E-state index contributed by atoms with van der Waals surface area (Å²) in [5.74, 6) is 0. The fourth-order valence-corrected chi connectivity index (χ4v) is 2.62. The number of ether oxygens (including phenoxy) is 1. The summed E-state index contributed by atoms with van der Waals surface area (Å²) in [6.45, 7) is 3.39. The number of aliphatic hydroxyl groups excluding tert-OH is 3. The largest absolute Gasteiger partial charge is 0.391 e. The summed E-state index contributed by atoms with van der Waals surface area (Å²) in [4.78, 5) is 8.30. The van der Waals surface area contributed by atoms with Crippen LogP contribution in [-0.2, 0) is 4.74 Å². The number of aliphatic hydroxyl groups is 3. The lowest BCUT2D eigenvalue weighted by Crippen LogP contribution is -2.37. The average Bonchev–Trinajstić information content (AvgIpc) is 2.94. The molecule has 0 aliphatic carbocycles. The van der Waals surface area contributed by atoms with Crippen molar-refractivity contribution in [1.82, 2.24) is 14.5 Å². The molecule has 3 N–H and O–H groups in total. The van der Waals surface area contributed by atoms with E-state index in [1.165, 1.54) is 13.3 Å². The molecular weight excluding hydrogens is 262 g/mol. The Morgan fingerprint density at radius 2 is 2.05 bits per heavy atom. The Hall–Kier alpha value is -1.54. The number of hydrogen-bond donors (Lipinski definition) is 3. The van der Waals surface area contributed by atoms with E-state index in [-0.39, 0.29) is 0 Å². The fraction of sp³-hybridized carbons (Fsp3) is 0.538. The zero-order valence-corrected chi connectivity index (χ0v) is 11.2.